The molecule has 0 unspecified atom stereocenters. The monoisotopic (exact) mass is 394 g/mol. The van der Waals surface area contributed by atoms with E-state index in [-0.39, 0.29) is 12.2 Å². The lowest BCUT2D eigenvalue weighted by atomic mass is 10.0. The highest BCUT2D eigenvalue weighted by Crippen LogP contribution is 2.12. The molecular formula is C20H30N2O6. The van der Waals surface area contributed by atoms with Gasteiger partial charge in [-0.25, -0.2) is 9.59 Å². The zero-order valence-electron chi connectivity index (χ0n) is 16.8. The Morgan fingerprint density at radius 1 is 1.07 bits per heavy atom. The van der Waals surface area contributed by atoms with Crippen molar-refractivity contribution in [2.75, 3.05) is 0 Å². The van der Waals surface area contributed by atoms with Gasteiger partial charge in [-0.3, -0.25) is 4.79 Å². The fourth-order valence-electron chi connectivity index (χ4n) is 2.47. The molecule has 156 valence electrons. The van der Waals surface area contributed by atoms with Crippen LogP contribution in [-0.2, 0) is 20.7 Å². The summed E-state index contributed by atoms with van der Waals surface area (Å²) in [5, 5.41) is 23.8. The van der Waals surface area contributed by atoms with Crippen molar-refractivity contribution in [1.82, 2.24) is 10.6 Å². The van der Waals surface area contributed by atoms with Crippen LogP contribution >= 0.6 is 0 Å². The van der Waals surface area contributed by atoms with Crippen molar-refractivity contribution in [2.24, 2.45) is 0 Å². The van der Waals surface area contributed by atoms with E-state index in [2.05, 4.69) is 10.6 Å². The first-order valence-corrected chi connectivity index (χ1v) is 9.32. The first-order valence-electron chi connectivity index (χ1n) is 9.32. The molecule has 4 N–H and O–H groups in total. The molecule has 0 saturated heterocycles. The minimum atomic E-state index is -1.19. The molecule has 28 heavy (non-hydrogen) atoms. The summed E-state index contributed by atoms with van der Waals surface area (Å²) in [5.74, 6) is -1.70. The summed E-state index contributed by atoms with van der Waals surface area (Å²) in [7, 11) is 0. The van der Waals surface area contributed by atoms with Crippen LogP contribution in [-0.4, -0.2) is 45.9 Å². The number of nitrogens with one attached hydrogen (secondary N) is 2. The van der Waals surface area contributed by atoms with Crippen LogP contribution in [0.1, 0.15) is 52.5 Å². The number of aliphatic carboxylic acids is 1. The molecule has 1 aromatic carbocycles. The zero-order chi connectivity index (χ0) is 21.3. The van der Waals surface area contributed by atoms with E-state index in [0.717, 1.165) is 6.42 Å². The van der Waals surface area contributed by atoms with Crippen LogP contribution in [0.25, 0.3) is 0 Å². The smallest absolute Gasteiger partial charge is 0.408 e. The van der Waals surface area contributed by atoms with Crippen LogP contribution in [0, 0.1) is 0 Å². The van der Waals surface area contributed by atoms with Crippen molar-refractivity contribution < 1.29 is 29.3 Å². The summed E-state index contributed by atoms with van der Waals surface area (Å²) in [6.07, 6.45) is 1.19. The maximum absolute atomic E-state index is 12.6. The third kappa shape index (κ3) is 8.75. The molecular weight excluding hydrogens is 364 g/mol. The number of benzene rings is 1. The van der Waals surface area contributed by atoms with Gasteiger partial charge in [-0.15, -0.1) is 0 Å². The van der Waals surface area contributed by atoms with E-state index in [0.29, 0.717) is 18.4 Å². The van der Waals surface area contributed by atoms with Gasteiger partial charge in [-0.1, -0.05) is 31.9 Å². The van der Waals surface area contributed by atoms with Gasteiger partial charge in [0.15, 0.2) is 0 Å². The Kier molecular flexibility index (Phi) is 8.76. The van der Waals surface area contributed by atoms with Gasteiger partial charge in [0.05, 0.1) is 0 Å². The molecule has 1 rings (SSSR count). The molecule has 0 fully saturated rings. The maximum atomic E-state index is 12.6. The standard InChI is InChI=1S/C20H30N2O6/c1-5-6-7-15(22-19(27)28-20(2,3)4)17(24)21-16(18(25)26)12-13-8-10-14(23)11-9-13/h8-11,15-16,23H,5-7,12H2,1-4H3,(H,21,24)(H,22,27)(H,25,26)/t15-,16-/m0/s1. The third-order valence-electron chi connectivity index (χ3n) is 3.84. The molecule has 0 bridgehead atoms. The van der Waals surface area contributed by atoms with E-state index in [1.54, 1.807) is 32.9 Å². The van der Waals surface area contributed by atoms with E-state index in [9.17, 15) is 24.6 Å². The lowest BCUT2D eigenvalue weighted by molar-refractivity contribution is -0.142. The van der Waals surface area contributed by atoms with E-state index >= 15 is 0 Å². The van der Waals surface area contributed by atoms with Crippen LogP contribution in [0.15, 0.2) is 24.3 Å². The van der Waals surface area contributed by atoms with Gasteiger partial charge in [0.2, 0.25) is 5.91 Å². The first-order chi connectivity index (χ1) is 13.0. The summed E-state index contributed by atoms with van der Waals surface area (Å²) >= 11 is 0. The van der Waals surface area contributed by atoms with Gasteiger partial charge < -0.3 is 25.6 Å². The molecule has 0 aliphatic heterocycles. The van der Waals surface area contributed by atoms with Crippen molar-refractivity contribution in [3.05, 3.63) is 29.8 Å². The molecule has 0 saturated carbocycles. The first kappa shape index (κ1) is 23.3. The van der Waals surface area contributed by atoms with Gasteiger partial charge in [-0.05, 0) is 44.9 Å². The number of amides is 2. The number of hydrogen-bond acceptors (Lipinski definition) is 5. The minimum absolute atomic E-state index is 0.0499. The number of alkyl carbamates (subject to hydrolysis) is 1. The number of hydrogen-bond donors (Lipinski definition) is 4. The third-order valence-corrected chi connectivity index (χ3v) is 3.84. The van der Waals surface area contributed by atoms with Gasteiger partial charge in [0, 0.05) is 6.42 Å². The number of carboxylic acid groups (broad SMARTS) is 1. The molecule has 0 aromatic heterocycles. The largest absolute Gasteiger partial charge is 0.508 e. The predicted molar refractivity (Wildman–Crippen MR) is 104 cm³/mol. The topological polar surface area (TPSA) is 125 Å². The zero-order valence-corrected chi connectivity index (χ0v) is 16.8. The van der Waals surface area contributed by atoms with Gasteiger partial charge in [0.1, 0.15) is 23.4 Å². The second kappa shape index (κ2) is 10.5. The number of rotatable bonds is 9. The quantitative estimate of drug-likeness (QED) is 0.510. The average Bonchev–Trinajstić information content (AvgIpc) is 2.58. The van der Waals surface area contributed by atoms with Crippen molar-refractivity contribution in [1.29, 1.82) is 0 Å². The van der Waals surface area contributed by atoms with Gasteiger partial charge in [-0.2, -0.15) is 0 Å². The van der Waals surface area contributed by atoms with Crippen molar-refractivity contribution in [3.8, 4) is 5.75 Å². The highest BCUT2D eigenvalue weighted by Gasteiger charge is 2.28. The summed E-state index contributed by atoms with van der Waals surface area (Å²) in [4.78, 5) is 36.2. The fraction of sp³-hybridized carbons (Fsp3) is 0.550. The summed E-state index contributed by atoms with van der Waals surface area (Å²) in [5.41, 5.74) is -0.0612. The van der Waals surface area contributed by atoms with Crippen molar-refractivity contribution in [3.63, 3.8) is 0 Å². The van der Waals surface area contributed by atoms with Crippen LogP contribution in [0.5, 0.6) is 5.75 Å². The molecule has 1 aromatic rings. The van der Waals surface area contributed by atoms with E-state index in [1.807, 2.05) is 6.92 Å². The average molecular weight is 394 g/mol. The number of carbonyl (C=O) groups excluding carboxylic acids is 2. The van der Waals surface area contributed by atoms with Gasteiger partial charge in [0.25, 0.3) is 0 Å². The molecule has 2 atom stereocenters. The Labute approximate surface area is 165 Å². The van der Waals surface area contributed by atoms with Crippen LogP contribution in [0.4, 0.5) is 4.79 Å². The molecule has 8 nitrogen and oxygen atoms in total. The number of ether oxygens (including phenoxy) is 1. The Balaban J connectivity index is 2.82. The predicted octanol–water partition coefficient (Wildman–Crippen LogP) is 2.59. The Morgan fingerprint density at radius 2 is 1.68 bits per heavy atom. The SMILES string of the molecule is CCCC[C@H](NC(=O)OC(C)(C)C)C(=O)N[C@@H](Cc1ccc(O)cc1)C(=O)O. The lowest BCUT2D eigenvalue weighted by Crippen LogP contribution is -2.52. The highest BCUT2D eigenvalue weighted by molar-refractivity contribution is 5.89. The van der Waals surface area contributed by atoms with Crippen LogP contribution in [0.2, 0.25) is 0 Å². The molecule has 0 spiro atoms. The number of aromatic hydroxyl groups is 1. The number of carboxylic acids is 1. The Bertz CT molecular complexity index is 666. The number of carbonyl (C=O) groups is 3. The Morgan fingerprint density at radius 3 is 2.18 bits per heavy atom. The number of phenolic OH excluding ortho intramolecular Hbond substituents is 1. The second-order valence-corrected chi connectivity index (χ2v) is 7.61. The van der Waals surface area contributed by atoms with E-state index < -0.39 is 35.7 Å². The molecule has 2 amide bonds. The van der Waals surface area contributed by atoms with Crippen molar-refractivity contribution >= 4 is 18.0 Å². The highest BCUT2D eigenvalue weighted by atomic mass is 16.6. The summed E-state index contributed by atoms with van der Waals surface area (Å²) < 4.78 is 5.19. The van der Waals surface area contributed by atoms with Gasteiger partial charge >= 0.3 is 12.1 Å². The summed E-state index contributed by atoms with van der Waals surface area (Å²) in [6, 6.07) is 4.02. The second-order valence-electron chi connectivity index (χ2n) is 7.61. The lowest BCUT2D eigenvalue weighted by Gasteiger charge is -2.24. The molecule has 0 aliphatic carbocycles. The number of unbranched alkanes of at least 4 members (excludes halogenated alkanes) is 1. The molecule has 0 radical (unpaired) electrons. The van der Waals surface area contributed by atoms with E-state index in [1.165, 1.54) is 12.1 Å². The minimum Gasteiger partial charge on any atom is -0.508 e. The van der Waals surface area contributed by atoms with Crippen molar-refractivity contribution in [2.45, 2.75) is 71.1 Å². The van der Waals surface area contributed by atoms with E-state index in [4.69, 9.17) is 4.74 Å². The normalized spacial score (nSPS) is 13.3. The molecule has 8 heteroatoms. The molecule has 0 aliphatic rings. The number of phenols is 1. The Hall–Kier alpha value is -2.77. The van der Waals surface area contributed by atoms with Crippen LogP contribution < -0.4 is 10.6 Å². The maximum Gasteiger partial charge on any atom is 0.408 e. The summed E-state index contributed by atoms with van der Waals surface area (Å²) in [6.45, 7) is 7.09. The fourth-order valence-corrected chi connectivity index (χ4v) is 2.47. The molecule has 0 heterocycles. The van der Waals surface area contributed by atoms with Crippen LogP contribution in [0.3, 0.4) is 0 Å².